The van der Waals surface area contributed by atoms with Crippen LogP contribution in [0.3, 0.4) is 0 Å². The van der Waals surface area contributed by atoms with Crippen molar-refractivity contribution in [2.24, 2.45) is 0 Å². The first-order chi connectivity index (χ1) is 11.4. The summed E-state index contributed by atoms with van der Waals surface area (Å²) in [6.45, 7) is 2.16. The number of phenolic OH excluding ortho intramolecular Hbond substituents is 1. The first kappa shape index (κ1) is 18.3. The topological polar surface area (TPSA) is 83.8 Å². The molecule has 0 atom stereocenters. The molecule has 6 heteroatoms. The van der Waals surface area contributed by atoms with Gasteiger partial charge in [0.15, 0.2) is 0 Å². The fourth-order valence-corrected chi connectivity index (χ4v) is 2.98. The molecule has 0 fully saturated rings. The van der Waals surface area contributed by atoms with E-state index < -0.39 is 15.0 Å². The van der Waals surface area contributed by atoms with Crippen LogP contribution in [0.25, 0.3) is 0 Å². The fourth-order valence-electron chi connectivity index (χ4n) is 2.44. The fraction of sp³-hybridized carbons (Fsp3) is 0.333. The lowest BCUT2D eigenvalue weighted by molar-refractivity contribution is 0.444. The van der Waals surface area contributed by atoms with E-state index in [9.17, 15) is 13.5 Å². The summed E-state index contributed by atoms with van der Waals surface area (Å²) >= 11 is 0. The van der Waals surface area contributed by atoms with E-state index in [2.05, 4.69) is 6.92 Å². The third-order valence-corrected chi connectivity index (χ3v) is 4.49. The smallest absolute Gasteiger partial charge is 0.294 e. The van der Waals surface area contributed by atoms with Gasteiger partial charge in [-0.3, -0.25) is 4.55 Å². The van der Waals surface area contributed by atoms with Gasteiger partial charge < -0.3 is 9.84 Å². The van der Waals surface area contributed by atoms with Gasteiger partial charge in [0.05, 0.1) is 0 Å². The van der Waals surface area contributed by atoms with E-state index in [4.69, 9.17) is 9.29 Å². The van der Waals surface area contributed by atoms with Gasteiger partial charge in [0, 0.05) is 18.2 Å². The SMILES string of the molecule is CCCCCCc1ccccc1Oc1cc(O)cc(S(=O)(=O)O)c1. The quantitative estimate of drug-likeness (QED) is 0.539. The monoisotopic (exact) mass is 350 g/mol. The number of para-hydroxylation sites is 1. The Kier molecular flexibility index (Phi) is 6.23. The van der Waals surface area contributed by atoms with Crippen molar-refractivity contribution in [2.45, 2.75) is 43.9 Å². The van der Waals surface area contributed by atoms with Gasteiger partial charge in [-0.25, -0.2) is 0 Å². The van der Waals surface area contributed by atoms with Crippen molar-refractivity contribution < 1.29 is 22.8 Å². The van der Waals surface area contributed by atoms with E-state index in [-0.39, 0.29) is 11.5 Å². The second kappa shape index (κ2) is 8.17. The van der Waals surface area contributed by atoms with E-state index in [0.717, 1.165) is 30.9 Å². The molecule has 0 spiro atoms. The largest absolute Gasteiger partial charge is 0.508 e. The van der Waals surface area contributed by atoms with Gasteiger partial charge in [0.25, 0.3) is 10.1 Å². The third-order valence-electron chi connectivity index (χ3n) is 3.66. The van der Waals surface area contributed by atoms with Gasteiger partial charge >= 0.3 is 0 Å². The van der Waals surface area contributed by atoms with Crippen LogP contribution in [0.5, 0.6) is 17.2 Å². The lowest BCUT2D eigenvalue weighted by Crippen LogP contribution is -1.99. The molecule has 24 heavy (non-hydrogen) atoms. The highest BCUT2D eigenvalue weighted by Crippen LogP contribution is 2.31. The van der Waals surface area contributed by atoms with E-state index in [1.165, 1.54) is 25.0 Å². The average molecular weight is 350 g/mol. The molecule has 0 unspecified atom stereocenters. The number of ether oxygens (including phenoxy) is 1. The molecule has 0 aliphatic rings. The molecule has 0 aliphatic heterocycles. The Bertz CT molecular complexity index is 784. The molecule has 0 radical (unpaired) electrons. The van der Waals surface area contributed by atoms with Gasteiger partial charge in [-0.05, 0) is 24.5 Å². The molecule has 2 aromatic rings. The summed E-state index contributed by atoms with van der Waals surface area (Å²) in [6, 6.07) is 11.0. The summed E-state index contributed by atoms with van der Waals surface area (Å²) < 4.78 is 37.4. The summed E-state index contributed by atoms with van der Waals surface area (Å²) in [7, 11) is -4.41. The highest BCUT2D eigenvalue weighted by atomic mass is 32.2. The van der Waals surface area contributed by atoms with Crippen molar-refractivity contribution in [1.82, 2.24) is 0 Å². The van der Waals surface area contributed by atoms with Crippen molar-refractivity contribution in [2.75, 3.05) is 0 Å². The summed E-state index contributed by atoms with van der Waals surface area (Å²) in [5.74, 6) is 0.477. The Labute approximate surface area is 142 Å². The van der Waals surface area contributed by atoms with Gasteiger partial charge in [-0.2, -0.15) is 8.42 Å². The van der Waals surface area contributed by atoms with Crippen LogP contribution in [-0.2, 0) is 16.5 Å². The summed E-state index contributed by atoms with van der Waals surface area (Å²) in [5.41, 5.74) is 1.02. The zero-order valence-electron chi connectivity index (χ0n) is 13.6. The van der Waals surface area contributed by atoms with Crippen LogP contribution in [0.1, 0.15) is 38.2 Å². The van der Waals surface area contributed by atoms with Crippen LogP contribution >= 0.6 is 0 Å². The predicted octanol–water partition coefficient (Wildman–Crippen LogP) is 4.55. The number of phenols is 1. The molecule has 2 N–H and O–H groups in total. The molecule has 0 bridgehead atoms. The Morgan fingerprint density at radius 2 is 1.79 bits per heavy atom. The number of hydrogen-bond donors (Lipinski definition) is 2. The number of aromatic hydroxyl groups is 1. The maximum Gasteiger partial charge on any atom is 0.294 e. The van der Waals surface area contributed by atoms with Crippen molar-refractivity contribution in [3.63, 3.8) is 0 Å². The summed E-state index contributed by atoms with van der Waals surface area (Å²) in [5, 5.41) is 9.65. The molecule has 0 amide bonds. The molecule has 0 saturated carbocycles. The number of aryl methyl sites for hydroxylation is 1. The van der Waals surface area contributed by atoms with E-state index >= 15 is 0 Å². The molecule has 5 nitrogen and oxygen atoms in total. The maximum absolute atomic E-state index is 11.2. The molecule has 2 rings (SSSR count). The summed E-state index contributed by atoms with van der Waals surface area (Å²) in [6.07, 6.45) is 5.40. The first-order valence-electron chi connectivity index (χ1n) is 7.97. The molecule has 0 saturated heterocycles. The number of unbranched alkanes of at least 4 members (excludes halogenated alkanes) is 3. The number of benzene rings is 2. The predicted molar refractivity (Wildman–Crippen MR) is 92.3 cm³/mol. The van der Waals surface area contributed by atoms with Gasteiger partial charge in [0.1, 0.15) is 22.1 Å². The molecular formula is C18H22O5S. The Morgan fingerprint density at radius 3 is 2.50 bits per heavy atom. The molecule has 0 aliphatic carbocycles. The zero-order chi connectivity index (χ0) is 17.6. The number of hydrogen-bond acceptors (Lipinski definition) is 4. The van der Waals surface area contributed by atoms with Crippen LogP contribution in [0.2, 0.25) is 0 Å². The van der Waals surface area contributed by atoms with Crippen molar-refractivity contribution in [3.8, 4) is 17.2 Å². The second-order valence-electron chi connectivity index (χ2n) is 5.66. The Hall–Kier alpha value is -2.05. The average Bonchev–Trinajstić information content (AvgIpc) is 2.51. The minimum Gasteiger partial charge on any atom is -0.508 e. The molecule has 2 aromatic carbocycles. The standard InChI is InChI=1S/C18H22O5S/c1-2-3-4-5-8-14-9-6-7-10-18(14)23-16-11-15(19)12-17(13-16)24(20,21)22/h6-7,9-13,19H,2-5,8H2,1H3,(H,20,21,22). The van der Waals surface area contributed by atoms with Gasteiger partial charge in [0.2, 0.25) is 0 Å². The van der Waals surface area contributed by atoms with Crippen LogP contribution in [0.15, 0.2) is 47.4 Å². The summed E-state index contributed by atoms with van der Waals surface area (Å²) in [4.78, 5) is -0.405. The van der Waals surface area contributed by atoms with E-state index in [1.807, 2.05) is 18.2 Å². The van der Waals surface area contributed by atoms with E-state index in [0.29, 0.717) is 5.75 Å². The minimum absolute atomic E-state index is 0.156. The highest BCUT2D eigenvalue weighted by Gasteiger charge is 2.14. The highest BCUT2D eigenvalue weighted by molar-refractivity contribution is 7.85. The van der Waals surface area contributed by atoms with Crippen LogP contribution in [0, 0.1) is 0 Å². The Balaban J connectivity index is 2.21. The number of rotatable bonds is 8. The van der Waals surface area contributed by atoms with Crippen LogP contribution in [0.4, 0.5) is 0 Å². The Morgan fingerprint density at radius 1 is 1.04 bits per heavy atom. The first-order valence-corrected chi connectivity index (χ1v) is 9.41. The third kappa shape index (κ3) is 5.25. The molecule has 0 aromatic heterocycles. The molecular weight excluding hydrogens is 328 g/mol. The molecule has 0 heterocycles. The van der Waals surface area contributed by atoms with E-state index in [1.54, 1.807) is 6.07 Å². The van der Waals surface area contributed by atoms with Crippen molar-refractivity contribution in [1.29, 1.82) is 0 Å². The van der Waals surface area contributed by atoms with Gasteiger partial charge in [-0.1, -0.05) is 44.4 Å². The lowest BCUT2D eigenvalue weighted by Gasteiger charge is -2.12. The van der Waals surface area contributed by atoms with Gasteiger partial charge in [-0.15, -0.1) is 0 Å². The normalized spacial score (nSPS) is 11.4. The molecule has 130 valence electrons. The zero-order valence-corrected chi connectivity index (χ0v) is 14.4. The van der Waals surface area contributed by atoms with Crippen molar-refractivity contribution in [3.05, 3.63) is 48.0 Å². The van der Waals surface area contributed by atoms with Crippen molar-refractivity contribution >= 4 is 10.1 Å². The van der Waals surface area contributed by atoms with Crippen LogP contribution in [-0.4, -0.2) is 18.1 Å². The lowest BCUT2D eigenvalue weighted by atomic mass is 10.1. The second-order valence-corrected chi connectivity index (χ2v) is 7.08. The minimum atomic E-state index is -4.41. The van der Waals surface area contributed by atoms with Crippen LogP contribution < -0.4 is 4.74 Å². The maximum atomic E-state index is 11.2.